The van der Waals surface area contributed by atoms with Gasteiger partial charge in [-0.1, -0.05) is 48.0 Å². The Kier molecular flexibility index (Phi) is 7.06. The first-order valence-corrected chi connectivity index (χ1v) is 9.97. The van der Waals surface area contributed by atoms with Crippen molar-refractivity contribution in [1.82, 2.24) is 15.1 Å². The molecular weight excluding hydrogens is 350 g/mol. The SMILES string of the molecule is COc1ccc(C)cc1CN1CCN(CC(=O)N[C@@H](C)c2ccccc2)CC1. The van der Waals surface area contributed by atoms with Crippen LogP contribution in [0.3, 0.4) is 0 Å². The van der Waals surface area contributed by atoms with E-state index in [-0.39, 0.29) is 11.9 Å². The number of piperazine rings is 1. The molecule has 0 aromatic heterocycles. The zero-order chi connectivity index (χ0) is 19.9. The van der Waals surface area contributed by atoms with Crippen molar-refractivity contribution < 1.29 is 9.53 Å². The van der Waals surface area contributed by atoms with Crippen LogP contribution in [0.25, 0.3) is 0 Å². The second kappa shape index (κ2) is 9.71. The lowest BCUT2D eigenvalue weighted by atomic mass is 10.1. The van der Waals surface area contributed by atoms with Crippen LogP contribution in [0, 0.1) is 6.92 Å². The Morgan fingerprint density at radius 2 is 1.75 bits per heavy atom. The summed E-state index contributed by atoms with van der Waals surface area (Å²) in [5, 5.41) is 3.11. The lowest BCUT2D eigenvalue weighted by Gasteiger charge is -2.34. The van der Waals surface area contributed by atoms with Crippen LogP contribution in [0.4, 0.5) is 0 Å². The van der Waals surface area contributed by atoms with Gasteiger partial charge in [-0.05, 0) is 25.5 Å². The van der Waals surface area contributed by atoms with Gasteiger partial charge in [0.2, 0.25) is 5.91 Å². The number of nitrogens with one attached hydrogen (secondary N) is 1. The summed E-state index contributed by atoms with van der Waals surface area (Å²) in [6, 6.07) is 16.4. The maximum Gasteiger partial charge on any atom is 0.234 e. The van der Waals surface area contributed by atoms with Crippen LogP contribution in [0.15, 0.2) is 48.5 Å². The monoisotopic (exact) mass is 381 g/mol. The largest absolute Gasteiger partial charge is 0.496 e. The normalized spacial score (nSPS) is 16.5. The number of carbonyl (C=O) groups is 1. The molecule has 5 nitrogen and oxygen atoms in total. The quantitative estimate of drug-likeness (QED) is 0.801. The fourth-order valence-electron chi connectivity index (χ4n) is 3.69. The number of benzene rings is 2. The molecule has 0 unspecified atom stereocenters. The van der Waals surface area contributed by atoms with Crippen molar-refractivity contribution in [1.29, 1.82) is 0 Å². The summed E-state index contributed by atoms with van der Waals surface area (Å²) in [7, 11) is 1.72. The highest BCUT2D eigenvalue weighted by molar-refractivity contribution is 5.78. The van der Waals surface area contributed by atoms with Crippen molar-refractivity contribution in [3.63, 3.8) is 0 Å². The number of rotatable bonds is 7. The van der Waals surface area contributed by atoms with Crippen LogP contribution in [0.1, 0.15) is 29.7 Å². The van der Waals surface area contributed by atoms with E-state index in [4.69, 9.17) is 4.74 Å². The topological polar surface area (TPSA) is 44.8 Å². The van der Waals surface area contributed by atoms with Crippen molar-refractivity contribution in [3.05, 3.63) is 65.2 Å². The van der Waals surface area contributed by atoms with Gasteiger partial charge in [-0.15, -0.1) is 0 Å². The van der Waals surface area contributed by atoms with Gasteiger partial charge in [0, 0.05) is 38.3 Å². The summed E-state index contributed by atoms with van der Waals surface area (Å²) in [6.07, 6.45) is 0. The van der Waals surface area contributed by atoms with E-state index in [1.54, 1.807) is 7.11 Å². The molecule has 3 rings (SSSR count). The second-order valence-electron chi connectivity index (χ2n) is 7.57. The molecule has 1 N–H and O–H groups in total. The van der Waals surface area contributed by atoms with Crippen LogP contribution >= 0.6 is 0 Å². The van der Waals surface area contributed by atoms with Gasteiger partial charge in [0.05, 0.1) is 19.7 Å². The van der Waals surface area contributed by atoms with Gasteiger partial charge in [-0.2, -0.15) is 0 Å². The van der Waals surface area contributed by atoms with Gasteiger partial charge >= 0.3 is 0 Å². The van der Waals surface area contributed by atoms with Crippen LogP contribution < -0.4 is 10.1 Å². The lowest BCUT2D eigenvalue weighted by Crippen LogP contribution is -2.49. The second-order valence-corrected chi connectivity index (χ2v) is 7.57. The van der Waals surface area contributed by atoms with Crippen molar-refractivity contribution in [2.75, 3.05) is 39.8 Å². The molecule has 0 spiro atoms. The highest BCUT2D eigenvalue weighted by Crippen LogP contribution is 2.22. The average Bonchev–Trinajstić information content (AvgIpc) is 2.70. The van der Waals surface area contributed by atoms with Gasteiger partial charge in [0.25, 0.3) is 0 Å². The molecular formula is C23H31N3O2. The number of hydrogen-bond acceptors (Lipinski definition) is 4. The van der Waals surface area contributed by atoms with E-state index < -0.39 is 0 Å². The minimum Gasteiger partial charge on any atom is -0.496 e. The van der Waals surface area contributed by atoms with Crippen LogP contribution in [0.5, 0.6) is 5.75 Å². The smallest absolute Gasteiger partial charge is 0.234 e. The standard InChI is InChI=1S/C23H31N3O2/c1-18-9-10-22(28-3)21(15-18)16-25-11-13-26(14-12-25)17-23(27)24-19(2)20-7-5-4-6-8-20/h4-10,15,19H,11-14,16-17H2,1-3H3,(H,24,27)/t19-/m0/s1. The summed E-state index contributed by atoms with van der Waals surface area (Å²) in [6.45, 7) is 9.20. The maximum absolute atomic E-state index is 12.4. The first kappa shape index (κ1) is 20.4. The third-order valence-corrected chi connectivity index (χ3v) is 5.34. The predicted octanol–water partition coefficient (Wildman–Crippen LogP) is 3.00. The summed E-state index contributed by atoms with van der Waals surface area (Å²) >= 11 is 0. The van der Waals surface area contributed by atoms with E-state index >= 15 is 0 Å². The zero-order valence-corrected chi connectivity index (χ0v) is 17.1. The minimum absolute atomic E-state index is 0.0313. The minimum atomic E-state index is 0.0313. The predicted molar refractivity (Wildman–Crippen MR) is 112 cm³/mol. The van der Waals surface area contributed by atoms with Gasteiger partial charge < -0.3 is 10.1 Å². The van der Waals surface area contributed by atoms with E-state index in [0.29, 0.717) is 6.54 Å². The lowest BCUT2D eigenvalue weighted by molar-refractivity contribution is -0.123. The first-order chi connectivity index (χ1) is 13.5. The Bertz CT molecular complexity index is 771. The van der Waals surface area contributed by atoms with Crippen molar-refractivity contribution in [3.8, 4) is 5.75 Å². The van der Waals surface area contributed by atoms with Crippen LogP contribution in [-0.2, 0) is 11.3 Å². The van der Waals surface area contributed by atoms with Gasteiger partial charge in [-0.3, -0.25) is 14.6 Å². The number of amides is 1. The molecule has 0 bridgehead atoms. The summed E-state index contributed by atoms with van der Waals surface area (Å²) in [5.74, 6) is 1.03. The molecule has 0 saturated carbocycles. The van der Waals surface area contributed by atoms with Gasteiger partial charge in [-0.25, -0.2) is 0 Å². The van der Waals surface area contributed by atoms with E-state index in [9.17, 15) is 4.79 Å². The summed E-state index contributed by atoms with van der Waals surface area (Å²) in [4.78, 5) is 17.1. The van der Waals surface area contributed by atoms with E-state index in [1.165, 1.54) is 11.1 Å². The Morgan fingerprint density at radius 3 is 2.43 bits per heavy atom. The summed E-state index contributed by atoms with van der Waals surface area (Å²) in [5.41, 5.74) is 3.61. The zero-order valence-electron chi connectivity index (χ0n) is 17.1. The van der Waals surface area contributed by atoms with Gasteiger partial charge in [0.15, 0.2) is 0 Å². The van der Waals surface area contributed by atoms with Crippen molar-refractivity contribution in [2.45, 2.75) is 26.4 Å². The Hall–Kier alpha value is -2.37. The van der Waals surface area contributed by atoms with E-state index in [2.05, 4.69) is 34.2 Å². The van der Waals surface area contributed by atoms with Crippen LogP contribution in [0.2, 0.25) is 0 Å². The average molecular weight is 382 g/mol. The molecule has 1 amide bonds. The molecule has 1 aliphatic heterocycles. The first-order valence-electron chi connectivity index (χ1n) is 9.97. The van der Waals surface area contributed by atoms with Gasteiger partial charge in [0.1, 0.15) is 5.75 Å². The fraction of sp³-hybridized carbons (Fsp3) is 0.435. The fourth-order valence-corrected chi connectivity index (χ4v) is 3.69. The third-order valence-electron chi connectivity index (χ3n) is 5.34. The Balaban J connectivity index is 1.45. The molecule has 0 aliphatic carbocycles. The van der Waals surface area contributed by atoms with E-state index in [0.717, 1.165) is 44.0 Å². The molecule has 1 atom stereocenters. The molecule has 150 valence electrons. The van der Waals surface area contributed by atoms with Crippen molar-refractivity contribution >= 4 is 5.91 Å². The third kappa shape index (κ3) is 5.57. The molecule has 28 heavy (non-hydrogen) atoms. The highest BCUT2D eigenvalue weighted by atomic mass is 16.5. The maximum atomic E-state index is 12.4. The number of aryl methyl sites for hydroxylation is 1. The van der Waals surface area contributed by atoms with E-state index in [1.807, 2.05) is 43.3 Å². The number of ether oxygens (including phenoxy) is 1. The highest BCUT2D eigenvalue weighted by Gasteiger charge is 2.20. The molecule has 1 fully saturated rings. The Labute approximate surface area is 168 Å². The Morgan fingerprint density at radius 1 is 1.07 bits per heavy atom. The number of nitrogens with zero attached hydrogens (tertiary/aromatic N) is 2. The molecule has 1 aliphatic rings. The molecule has 2 aromatic rings. The molecule has 1 saturated heterocycles. The van der Waals surface area contributed by atoms with Crippen LogP contribution in [-0.4, -0.2) is 55.5 Å². The molecule has 1 heterocycles. The summed E-state index contributed by atoms with van der Waals surface area (Å²) < 4.78 is 5.50. The molecule has 2 aromatic carbocycles. The number of hydrogen-bond donors (Lipinski definition) is 1. The number of carbonyl (C=O) groups excluding carboxylic acids is 1. The molecule has 0 radical (unpaired) electrons. The van der Waals surface area contributed by atoms with Crippen molar-refractivity contribution in [2.24, 2.45) is 0 Å². The number of methoxy groups -OCH3 is 1. The molecule has 5 heteroatoms.